The summed E-state index contributed by atoms with van der Waals surface area (Å²) in [6.07, 6.45) is 1.38. The molecule has 6 heteroatoms. The SMILES string of the molecule is Cc1nn(-c2ccc(Cl)cc2)c(C)c1CC(=O)N1CC(N(C)C)CC1(C)C. The molecule has 5 nitrogen and oxygen atoms in total. The molecule has 2 heterocycles. The molecule has 146 valence electrons. The monoisotopic (exact) mass is 388 g/mol. The van der Waals surface area contributed by atoms with E-state index in [0.29, 0.717) is 17.5 Å². The molecule has 1 aliphatic rings. The van der Waals surface area contributed by atoms with Crippen molar-refractivity contribution < 1.29 is 4.79 Å². The number of likely N-dealkylation sites (tertiary alicyclic amines) is 1. The number of halogens is 1. The number of likely N-dealkylation sites (N-methyl/N-ethyl adjacent to an activating group) is 1. The Balaban J connectivity index is 1.84. The van der Waals surface area contributed by atoms with Gasteiger partial charge in [-0.1, -0.05) is 11.6 Å². The summed E-state index contributed by atoms with van der Waals surface area (Å²) < 4.78 is 1.89. The van der Waals surface area contributed by atoms with E-state index in [-0.39, 0.29) is 11.4 Å². The summed E-state index contributed by atoms with van der Waals surface area (Å²) in [4.78, 5) is 17.4. The number of hydrogen-bond donors (Lipinski definition) is 0. The third-order valence-electron chi connectivity index (χ3n) is 5.73. The van der Waals surface area contributed by atoms with Gasteiger partial charge in [-0.3, -0.25) is 4.79 Å². The van der Waals surface area contributed by atoms with Crippen LogP contribution in [0.4, 0.5) is 0 Å². The van der Waals surface area contributed by atoms with E-state index in [0.717, 1.165) is 35.6 Å². The number of aryl methyl sites for hydroxylation is 1. The maximum atomic E-state index is 13.1. The van der Waals surface area contributed by atoms with Gasteiger partial charge in [0, 0.05) is 34.4 Å². The summed E-state index contributed by atoms with van der Waals surface area (Å²) in [5.74, 6) is 0.172. The number of carbonyl (C=O) groups is 1. The molecule has 0 aliphatic carbocycles. The molecule has 2 aromatic rings. The highest BCUT2D eigenvalue weighted by atomic mass is 35.5. The van der Waals surface area contributed by atoms with E-state index in [9.17, 15) is 4.79 Å². The Morgan fingerprint density at radius 2 is 1.89 bits per heavy atom. The van der Waals surface area contributed by atoms with Gasteiger partial charge in [0.1, 0.15) is 0 Å². The van der Waals surface area contributed by atoms with E-state index in [1.165, 1.54) is 0 Å². The van der Waals surface area contributed by atoms with Crippen molar-refractivity contribution in [1.29, 1.82) is 0 Å². The van der Waals surface area contributed by atoms with Crippen molar-refractivity contribution in [2.45, 2.75) is 52.1 Å². The summed E-state index contributed by atoms with van der Waals surface area (Å²) in [6, 6.07) is 8.00. The highest BCUT2D eigenvalue weighted by Gasteiger charge is 2.41. The zero-order chi connectivity index (χ0) is 19.9. The Labute approximate surface area is 166 Å². The first-order chi connectivity index (χ1) is 12.6. The number of rotatable bonds is 4. The Bertz CT molecular complexity index is 839. The maximum absolute atomic E-state index is 13.1. The number of nitrogens with zero attached hydrogens (tertiary/aromatic N) is 4. The molecule has 1 saturated heterocycles. The Hall–Kier alpha value is -1.85. The van der Waals surface area contributed by atoms with Gasteiger partial charge in [-0.15, -0.1) is 0 Å². The van der Waals surface area contributed by atoms with Crippen molar-refractivity contribution in [2.75, 3.05) is 20.6 Å². The summed E-state index contributed by atoms with van der Waals surface area (Å²) in [6.45, 7) is 9.09. The van der Waals surface area contributed by atoms with Crippen LogP contribution in [0.25, 0.3) is 5.69 Å². The normalized spacial score (nSPS) is 19.1. The quantitative estimate of drug-likeness (QED) is 0.803. The minimum Gasteiger partial charge on any atom is -0.336 e. The number of carbonyl (C=O) groups excluding carboxylic acids is 1. The second kappa shape index (κ2) is 7.28. The van der Waals surface area contributed by atoms with Crippen molar-refractivity contribution in [3.05, 3.63) is 46.2 Å². The van der Waals surface area contributed by atoms with E-state index < -0.39 is 0 Å². The molecule has 0 N–H and O–H groups in total. The third kappa shape index (κ3) is 3.90. The standard InChI is InChI=1S/C21H29ClN4O/c1-14-19(15(2)26(23-14)17-9-7-16(22)8-10-17)11-20(27)25-13-18(24(5)6)12-21(25,3)4/h7-10,18H,11-13H2,1-6H3. The van der Waals surface area contributed by atoms with Gasteiger partial charge in [0.2, 0.25) is 5.91 Å². The minimum absolute atomic E-state index is 0.125. The van der Waals surface area contributed by atoms with E-state index >= 15 is 0 Å². The van der Waals surface area contributed by atoms with Gasteiger partial charge in [0.15, 0.2) is 0 Å². The first-order valence-corrected chi connectivity index (χ1v) is 9.76. The average molecular weight is 389 g/mol. The zero-order valence-corrected chi connectivity index (χ0v) is 17.8. The molecular weight excluding hydrogens is 360 g/mol. The van der Waals surface area contributed by atoms with Gasteiger partial charge in [0.25, 0.3) is 0 Å². The van der Waals surface area contributed by atoms with Crippen LogP contribution in [0.2, 0.25) is 5.02 Å². The number of hydrogen-bond acceptors (Lipinski definition) is 3. The fourth-order valence-electron chi connectivity index (χ4n) is 4.01. The number of amides is 1. The summed E-state index contributed by atoms with van der Waals surface area (Å²) >= 11 is 5.99. The highest BCUT2D eigenvalue weighted by Crippen LogP contribution is 2.32. The molecule has 1 aromatic carbocycles. The third-order valence-corrected chi connectivity index (χ3v) is 5.98. The summed E-state index contributed by atoms with van der Waals surface area (Å²) in [5, 5.41) is 5.36. The molecule has 1 atom stereocenters. The highest BCUT2D eigenvalue weighted by molar-refractivity contribution is 6.30. The molecule has 0 saturated carbocycles. The van der Waals surface area contributed by atoms with Gasteiger partial charge in [-0.2, -0.15) is 5.10 Å². The predicted octanol–water partition coefficient (Wildman–Crippen LogP) is 3.63. The van der Waals surface area contributed by atoms with Crippen LogP contribution in [0, 0.1) is 13.8 Å². The fourth-order valence-corrected chi connectivity index (χ4v) is 4.13. The van der Waals surface area contributed by atoms with Crippen LogP contribution < -0.4 is 0 Å². The molecule has 0 radical (unpaired) electrons. The van der Waals surface area contributed by atoms with E-state index in [1.807, 2.05) is 47.7 Å². The van der Waals surface area contributed by atoms with Crippen LogP contribution >= 0.6 is 11.6 Å². The zero-order valence-electron chi connectivity index (χ0n) is 17.1. The summed E-state index contributed by atoms with van der Waals surface area (Å²) in [5.41, 5.74) is 3.74. The van der Waals surface area contributed by atoms with E-state index in [2.05, 4.69) is 37.9 Å². The molecule has 1 aliphatic heterocycles. The Morgan fingerprint density at radius 1 is 1.26 bits per heavy atom. The second-order valence-electron chi connectivity index (χ2n) is 8.35. The number of benzene rings is 1. The van der Waals surface area contributed by atoms with Crippen molar-refractivity contribution in [3.8, 4) is 5.69 Å². The van der Waals surface area contributed by atoms with Crippen LogP contribution in [0.5, 0.6) is 0 Å². The van der Waals surface area contributed by atoms with E-state index in [4.69, 9.17) is 11.6 Å². The summed E-state index contributed by atoms with van der Waals surface area (Å²) in [7, 11) is 4.17. The van der Waals surface area contributed by atoms with Crippen LogP contribution in [0.1, 0.15) is 37.2 Å². The largest absolute Gasteiger partial charge is 0.336 e. The fraction of sp³-hybridized carbons (Fsp3) is 0.524. The molecule has 0 bridgehead atoms. The van der Waals surface area contributed by atoms with Crippen LogP contribution in [0.15, 0.2) is 24.3 Å². The lowest BCUT2D eigenvalue weighted by atomic mass is 9.99. The lowest BCUT2D eigenvalue weighted by molar-refractivity contribution is -0.133. The van der Waals surface area contributed by atoms with Gasteiger partial charge >= 0.3 is 0 Å². The lowest BCUT2D eigenvalue weighted by Crippen LogP contribution is -2.43. The molecule has 1 unspecified atom stereocenters. The van der Waals surface area contributed by atoms with Gasteiger partial charge in [-0.25, -0.2) is 4.68 Å². The van der Waals surface area contributed by atoms with E-state index in [1.54, 1.807) is 0 Å². The molecule has 3 rings (SSSR count). The minimum atomic E-state index is -0.125. The van der Waals surface area contributed by atoms with Crippen LogP contribution in [-0.2, 0) is 11.2 Å². The smallest absolute Gasteiger partial charge is 0.227 e. The Kier molecular flexibility index (Phi) is 5.37. The van der Waals surface area contributed by atoms with Crippen LogP contribution in [-0.4, -0.2) is 57.7 Å². The van der Waals surface area contributed by atoms with Crippen molar-refractivity contribution in [3.63, 3.8) is 0 Å². The van der Waals surface area contributed by atoms with Crippen molar-refractivity contribution >= 4 is 17.5 Å². The maximum Gasteiger partial charge on any atom is 0.227 e. The first kappa shape index (κ1) is 19.9. The molecule has 1 amide bonds. The van der Waals surface area contributed by atoms with Gasteiger partial charge in [0.05, 0.1) is 17.8 Å². The topological polar surface area (TPSA) is 41.4 Å². The molecule has 27 heavy (non-hydrogen) atoms. The lowest BCUT2D eigenvalue weighted by Gasteiger charge is -2.31. The predicted molar refractivity (Wildman–Crippen MR) is 110 cm³/mol. The van der Waals surface area contributed by atoms with Crippen LogP contribution in [0.3, 0.4) is 0 Å². The van der Waals surface area contributed by atoms with Gasteiger partial charge < -0.3 is 9.80 Å². The second-order valence-corrected chi connectivity index (χ2v) is 8.79. The number of aromatic nitrogens is 2. The van der Waals surface area contributed by atoms with Crippen molar-refractivity contribution in [2.24, 2.45) is 0 Å². The molecule has 1 fully saturated rings. The molecular formula is C21H29ClN4O. The molecule has 1 aromatic heterocycles. The first-order valence-electron chi connectivity index (χ1n) is 9.38. The average Bonchev–Trinajstić information content (AvgIpc) is 3.06. The van der Waals surface area contributed by atoms with Crippen molar-refractivity contribution in [1.82, 2.24) is 19.6 Å². The Morgan fingerprint density at radius 3 is 2.44 bits per heavy atom. The van der Waals surface area contributed by atoms with Gasteiger partial charge in [-0.05, 0) is 72.5 Å². The molecule has 0 spiro atoms.